The molecule has 2 N–H and O–H groups in total. The zero-order valence-electron chi connectivity index (χ0n) is 12.9. The molecule has 3 nitrogen and oxygen atoms in total. The zero-order chi connectivity index (χ0) is 14.2. The molecule has 2 bridgehead atoms. The van der Waals surface area contributed by atoms with Gasteiger partial charge in [0, 0.05) is 42.6 Å². The fourth-order valence-electron chi connectivity index (χ4n) is 4.66. The van der Waals surface area contributed by atoms with Gasteiger partial charge in [0.2, 0.25) is 0 Å². The second kappa shape index (κ2) is 5.53. The van der Waals surface area contributed by atoms with Gasteiger partial charge in [0.05, 0.1) is 0 Å². The summed E-state index contributed by atoms with van der Waals surface area (Å²) in [6.45, 7) is 2.45. The van der Waals surface area contributed by atoms with Gasteiger partial charge in [-0.2, -0.15) is 0 Å². The molecule has 3 aliphatic rings. The van der Waals surface area contributed by atoms with Gasteiger partial charge in [-0.3, -0.25) is 0 Å². The minimum Gasteiger partial charge on any atom is -0.372 e. The number of nitrogens with two attached hydrogens (primary N) is 1. The summed E-state index contributed by atoms with van der Waals surface area (Å²) >= 11 is 0. The van der Waals surface area contributed by atoms with E-state index < -0.39 is 0 Å². The van der Waals surface area contributed by atoms with Crippen molar-refractivity contribution in [3.8, 4) is 0 Å². The fraction of sp³-hybridized carbons (Fsp3) is 0.667. The van der Waals surface area contributed by atoms with Crippen molar-refractivity contribution in [3.05, 3.63) is 24.3 Å². The van der Waals surface area contributed by atoms with Crippen LogP contribution in [-0.2, 0) is 0 Å². The lowest BCUT2D eigenvalue weighted by atomic mass is 9.81. The second-order valence-electron chi connectivity index (χ2n) is 7.09. The summed E-state index contributed by atoms with van der Waals surface area (Å²) in [6.07, 6.45) is 9.04. The molecule has 0 radical (unpaired) electrons. The Morgan fingerprint density at radius 3 is 2.00 bits per heavy atom. The van der Waals surface area contributed by atoms with Crippen LogP contribution in [0.3, 0.4) is 0 Å². The molecule has 0 spiro atoms. The highest BCUT2D eigenvalue weighted by Crippen LogP contribution is 2.37. The first kappa shape index (κ1) is 13.4. The lowest BCUT2D eigenvalue weighted by Gasteiger charge is -2.49. The Hall–Kier alpha value is -1.22. The molecule has 3 saturated heterocycles. The van der Waals surface area contributed by atoms with Gasteiger partial charge in [-0.25, -0.2) is 0 Å². The monoisotopic (exact) mass is 285 g/mol. The number of hydrogen-bond acceptors (Lipinski definition) is 3. The van der Waals surface area contributed by atoms with Crippen LogP contribution < -0.4 is 15.5 Å². The maximum absolute atomic E-state index is 6.24. The van der Waals surface area contributed by atoms with Crippen LogP contribution in [-0.4, -0.2) is 31.2 Å². The molecule has 1 aromatic rings. The van der Waals surface area contributed by atoms with E-state index >= 15 is 0 Å². The lowest BCUT2D eigenvalue weighted by Crippen LogP contribution is -2.55. The van der Waals surface area contributed by atoms with Crippen molar-refractivity contribution < 1.29 is 0 Å². The standard InChI is InChI=1S/C18H27N3/c19-14-12-17-4-3-5-18(13-14)21(17)16-8-6-15(7-9-16)20-10-1-2-11-20/h6-9,14,17-18H,1-5,10-13,19H2. The van der Waals surface area contributed by atoms with E-state index in [4.69, 9.17) is 5.73 Å². The number of rotatable bonds is 2. The van der Waals surface area contributed by atoms with Crippen LogP contribution in [0.5, 0.6) is 0 Å². The van der Waals surface area contributed by atoms with Gasteiger partial charge >= 0.3 is 0 Å². The topological polar surface area (TPSA) is 32.5 Å². The smallest absolute Gasteiger partial charge is 0.0372 e. The molecule has 0 aliphatic carbocycles. The average molecular weight is 285 g/mol. The molecule has 3 heteroatoms. The predicted octanol–water partition coefficient (Wildman–Crippen LogP) is 3.14. The van der Waals surface area contributed by atoms with Crippen molar-refractivity contribution in [2.24, 2.45) is 5.73 Å². The summed E-state index contributed by atoms with van der Waals surface area (Å²) in [7, 11) is 0. The van der Waals surface area contributed by atoms with Gasteiger partial charge in [0.1, 0.15) is 0 Å². The summed E-state index contributed by atoms with van der Waals surface area (Å²) in [6, 6.07) is 11.1. The highest BCUT2D eigenvalue weighted by molar-refractivity contribution is 5.58. The van der Waals surface area contributed by atoms with Gasteiger partial charge in [0.25, 0.3) is 0 Å². The lowest BCUT2D eigenvalue weighted by molar-refractivity contribution is 0.271. The zero-order valence-corrected chi connectivity index (χ0v) is 12.9. The first-order valence-electron chi connectivity index (χ1n) is 8.70. The molecule has 2 unspecified atom stereocenters. The molecule has 0 aromatic heterocycles. The third-order valence-electron chi connectivity index (χ3n) is 5.63. The first-order chi connectivity index (χ1) is 10.3. The summed E-state index contributed by atoms with van der Waals surface area (Å²) in [5.74, 6) is 0. The Kier molecular flexibility index (Phi) is 3.54. The van der Waals surface area contributed by atoms with Gasteiger partial charge in [0.15, 0.2) is 0 Å². The van der Waals surface area contributed by atoms with E-state index in [9.17, 15) is 0 Å². The van der Waals surface area contributed by atoms with Crippen LogP contribution in [0.25, 0.3) is 0 Å². The Bertz CT molecular complexity index is 464. The summed E-state index contributed by atoms with van der Waals surface area (Å²) in [5.41, 5.74) is 9.05. The van der Waals surface area contributed by atoms with E-state index in [-0.39, 0.29) is 0 Å². The Labute approximate surface area is 128 Å². The average Bonchev–Trinajstić information content (AvgIpc) is 3.01. The van der Waals surface area contributed by atoms with Crippen molar-refractivity contribution in [2.45, 2.75) is 63.1 Å². The van der Waals surface area contributed by atoms with E-state index in [0.29, 0.717) is 18.1 Å². The van der Waals surface area contributed by atoms with Crippen LogP contribution in [0, 0.1) is 0 Å². The number of hydrogen-bond donors (Lipinski definition) is 1. The van der Waals surface area contributed by atoms with E-state index in [1.54, 1.807) is 0 Å². The maximum atomic E-state index is 6.24. The van der Waals surface area contributed by atoms with E-state index in [1.807, 2.05) is 0 Å². The molecular weight excluding hydrogens is 258 g/mol. The summed E-state index contributed by atoms with van der Waals surface area (Å²) < 4.78 is 0. The number of benzene rings is 1. The molecule has 3 fully saturated rings. The van der Waals surface area contributed by atoms with Crippen molar-refractivity contribution in [2.75, 3.05) is 22.9 Å². The van der Waals surface area contributed by atoms with Crippen molar-refractivity contribution >= 4 is 11.4 Å². The molecule has 0 amide bonds. The minimum atomic E-state index is 0.417. The molecule has 2 atom stereocenters. The minimum absolute atomic E-state index is 0.417. The molecule has 4 rings (SSSR count). The van der Waals surface area contributed by atoms with Crippen LogP contribution in [0.15, 0.2) is 24.3 Å². The van der Waals surface area contributed by atoms with Crippen molar-refractivity contribution in [1.29, 1.82) is 0 Å². The molecular formula is C18H27N3. The fourth-order valence-corrected chi connectivity index (χ4v) is 4.66. The number of nitrogens with zero attached hydrogens (tertiary/aromatic N) is 2. The van der Waals surface area contributed by atoms with Crippen LogP contribution in [0.1, 0.15) is 44.9 Å². The summed E-state index contributed by atoms with van der Waals surface area (Å²) in [5, 5.41) is 0. The van der Waals surface area contributed by atoms with Crippen LogP contribution in [0.4, 0.5) is 11.4 Å². The predicted molar refractivity (Wildman–Crippen MR) is 89.0 cm³/mol. The van der Waals surface area contributed by atoms with Gasteiger partial charge in [-0.05, 0) is 69.2 Å². The molecule has 3 aliphatic heterocycles. The first-order valence-corrected chi connectivity index (χ1v) is 8.70. The molecule has 21 heavy (non-hydrogen) atoms. The second-order valence-corrected chi connectivity index (χ2v) is 7.09. The normalized spacial score (nSPS) is 32.5. The maximum Gasteiger partial charge on any atom is 0.0372 e. The van der Waals surface area contributed by atoms with Gasteiger partial charge in [-0.15, -0.1) is 0 Å². The molecule has 0 saturated carbocycles. The number of anilines is 2. The Morgan fingerprint density at radius 1 is 0.810 bits per heavy atom. The van der Waals surface area contributed by atoms with Crippen molar-refractivity contribution in [1.82, 2.24) is 0 Å². The Balaban J connectivity index is 1.55. The third kappa shape index (κ3) is 2.52. The number of fused-ring (bicyclic) bond motifs is 2. The highest BCUT2D eigenvalue weighted by atomic mass is 15.2. The largest absolute Gasteiger partial charge is 0.372 e. The van der Waals surface area contributed by atoms with E-state index in [2.05, 4.69) is 34.1 Å². The van der Waals surface area contributed by atoms with E-state index in [1.165, 1.54) is 69.4 Å². The van der Waals surface area contributed by atoms with Crippen LogP contribution in [0.2, 0.25) is 0 Å². The van der Waals surface area contributed by atoms with Crippen molar-refractivity contribution in [3.63, 3.8) is 0 Å². The van der Waals surface area contributed by atoms with Crippen LogP contribution >= 0.6 is 0 Å². The third-order valence-corrected chi connectivity index (χ3v) is 5.63. The molecule has 1 aromatic carbocycles. The van der Waals surface area contributed by atoms with E-state index in [0.717, 1.165) is 0 Å². The van der Waals surface area contributed by atoms with Gasteiger partial charge < -0.3 is 15.5 Å². The quantitative estimate of drug-likeness (QED) is 0.906. The molecule has 3 heterocycles. The number of piperidine rings is 2. The summed E-state index contributed by atoms with van der Waals surface area (Å²) in [4.78, 5) is 5.19. The molecule has 114 valence electrons. The van der Waals surface area contributed by atoms with Gasteiger partial charge in [-0.1, -0.05) is 0 Å². The Morgan fingerprint density at radius 2 is 1.38 bits per heavy atom. The SMILES string of the molecule is NC1CC2CCCC(C1)N2c1ccc(N2CCCC2)cc1. The highest BCUT2D eigenvalue weighted by Gasteiger charge is 2.37.